The van der Waals surface area contributed by atoms with Crippen molar-refractivity contribution in [3.8, 4) is 0 Å². The molecule has 152 valence electrons. The number of nitrogens with zero attached hydrogens (tertiary/aromatic N) is 2. The number of fused-ring (bicyclic) bond motifs is 3. The number of anilines is 1. The van der Waals surface area contributed by atoms with Crippen molar-refractivity contribution in [1.29, 1.82) is 0 Å². The molecule has 2 aromatic rings. The molecule has 0 aliphatic carbocycles. The largest absolute Gasteiger partial charge is 0.394 e. The highest BCUT2D eigenvalue weighted by atomic mass is 19.1. The quantitative estimate of drug-likeness (QED) is 0.837. The van der Waals surface area contributed by atoms with E-state index in [1.165, 1.54) is 24.3 Å². The van der Waals surface area contributed by atoms with E-state index in [2.05, 4.69) is 5.32 Å². The Bertz CT molecular complexity index is 931. The molecule has 2 N–H and O–H groups in total. The van der Waals surface area contributed by atoms with Gasteiger partial charge in [-0.1, -0.05) is 18.2 Å². The third-order valence-corrected chi connectivity index (χ3v) is 5.67. The van der Waals surface area contributed by atoms with Crippen LogP contribution < -0.4 is 10.2 Å². The van der Waals surface area contributed by atoms with Gasteiger partial charge >= 0.3 is 6.03 Å². The van der Waals surface area contributed by atoms with Crippen molar-refractivity contribution in [2.75, 3.05) is 18.1 Å². The molecular weight excluding hydrogens is 373 g/mol. The van der Waals surface area contributed by atoms with Crippen LogP contribution in [0.25, 0.3) is 0 Å². The number of carbonyl (C=O) groups excluding carboxylic acids is 2. The lowest BCUT2D eigenvalue weighted by molar-refractivity contribution is -0.00815. The van der Waals surface area contributed by atoms with E-state index in [4.69, 9.17) is 0 Å². The van der Waals surface area contributed by atoms with Crippen LogP contribution in [-0.4, -0.2) is 53.2 Å². The summed E-state index contributed by atoms with van der Waals surface area (Å²) in [5.74, 6) is -0.680. The minimum absolute atomic E-state index is 0.0336. The third kappa shape index (κ3) is 3.25. The monoisotopic (exact) mass is 397 g/mol. The smallest absolute Gasteiger partial charge is 0.318 e. The molecule has 6 nitrogen and oxygen atoms in total. The van der Waals surface area contributed by atoms with E-state index in [9.17, 15) is 19.1 Å². The minimum atomic E-state index is -0.401. The number of benzene rings is 2. The highest BCUT2D eigenvalue weighted by Gasteiger charge is 2.55. The summed E-state index contributed by atoms with van der Waals surface area (Å²) in [6, 6.07) is 12.2. The first-order chi connectivity index (χ1) is 13.9. The molecule has 0 saturated carbocycles. The van der Waals surface area contributed by atoms with Gasteiger partial charge in [-0.15, -0.1) is 0 Å². The van der Waals surface area contributed by atoms with Crippen molar-refractivity contribution < 1.29 is 19.1 Å². The van der Waals surface area contributed by atoms with E-state index in [1.807, 2.05) is 38.1 Å². The number of aliphatic hydroxyl groups excluding tert-OH is 1. The van der Waals surface area contributed by atoms with Crippen LogP contribution >= 0.6 is 0 Å². The Morgan fingerprint density at radius 2 is 1.86 bits per heavy atom. The second-order valence-corrected chi connectivity index (χ2v) is 7.84. The fourth-order valence-corrected chi connectivity index (χ4v) is 4.43. The Morgan fingerprint density at radius 3 is 2.52 bits per heavy atom. The Kier molecular flexibility index (Phi) is 5.00. The summed E-state index contributed by atoms with van der Waals surface area (Å²) in [5.41, 5.74) is 2.09. The van der Waals surface area contributed by atoms with Crippen LogP contribution in [0.5, 0.6) is 0 Å². The van der Waals surface area contributed by atoms with E-state index in [0.717, 1.165) is 11.3 Å². The van der Waals surface area contributed by atoms with Gasteiger partial charge in [-0.2, -0.15) is 0 Å². The maximum absolute atomic E-state index is 13.3. The Morgan fingerprint density at radius 1 is 1.17 bits per heavy atom. The number of hydrogen-bond donors (Lipinski definition) is 2. The predicted octanol–water partition coefficient (Wildman–Crippen LogP) is 2.73. The van der Waals surface area contributed by atoms with Gasteiger partial charge < -0.3 is 20.2 Å². The Hall–Kier alpha value is -2.93. The first kappa shape index (κ1) is 19.4. The molecule has 3 amide bonds. The maximum Gasteiger partial charge on any atom is 0.318 e. The Balaban J connectivity index is 1.70. The minimum Gasteiger partial charge on any atom is -0.394 e. The third-order valence-electron chi connectivity index (χ3n) is 5.67. The van der Waals surface area contributed by atoms with Gasteiger partial charge in [0.1, 0.15) is 5.82 Å². The molecule has 2 aliphatic rings. The van der Waals surface area contributed by atoms with Crippen LogP contribution in [0.3, 0.4) is 0 Å². The van der Waals surface area contributed by atoms with Crippen molar-refractivity contribution >= 4 is 17.6 Å². The maximum atomic E-state index is 13.3. The van der Waals surface area contributed by atoms with Gasteiger partial charge in [0.25, 0.3) is 5.91 Å². The van der Waals surface area contributed by atoms with E-state index < -0.39 is 5.82 Å². The van der Waals surface area contributed by atoms with Crippen LogP contribution in [0.2, 0.25) is 0 Å². The summed E-state index contributed by atoms with van der Waals surface area (Å²) >= 11 is 0. The van der Waals surface area contributed by atoms with Crippen molar-refractivity contribution in [3.05, 3.63) is 65.5 Å². The molecule has 3 atom stereocenters. The standard InChI is InChI=1S/C22H24FN3O3/c1-13(2)24-22(29)26-18-11-25(21(28)14-7-9-15(23)10-8-14)17-6-4-3-5-16(17)20(18)19(26)12-27/h3-10,13,18-20,27H,11-12H2,1-2H3,(H,24,29)/t18-,19+,20+/m1/s1. The van der Waals surface area contributed by atoms with Gasteiger partial charge in [0.05, 0.1) is 18.7 Å². The van der Waals surface area contributed by atoms with Crippen LogP contribution in [0.1, 0.15) is 35.7 Å². The molecule has 0 bridgehead atoms. The molecule has 1 saturated heterocycles. The summed E-state index contributed by atoms with van der Waals surface area (Å²) in [4.78, 5) is 29.2. The van der Waals surface area contributed by atoms with Crippen molar-refractivity contribution in [3.63, 3.8) is 0 Å². The molecule has 4 rings (SSSR count). The fourth-order valence-electron chi connectivity index (χ4n) is 4.43. The Labute approximate surface area is 168 Å². The van der Waals surface area contributed by atoms with Gasteiger partial charge in [0.2, 0.25) is 0 Å². The predicted molar refractivity (Wildman–Crippen MR) is 107 cm³/mol. The van der Waals surface area contributed by atoms with E-state index >= 15 is 0 Å². The molecule has 0 unspecified atom stereocenters. The van der Waals surface area contributed by atoms with E-state index in [0.29, 0.717) is 12.1 Å². The second kappa shape index (κ2) is 7.48. The number of hydrogen-bond acceptors (Lipinski definition) is 3. The lowest BCUT2D eigenvalue weighted by atomic mass is 9.72. The topological polar surface area (TPSA) is 72.9 Å². The zero-order valence-corrected chi connectivity index (χ0v) is 16.4. The van der Waals surface area contributed by atoms with Gasteiger partial charge in [-0.3, -0.25) is 4.79 Å². The molecule has 29 heavy (non-hydrogen) atoms. The van der Waals surface area contributed by atoms with Gasteiger partial charge in [-0.05, 0) is 49.7 Å². The number of para-hydroxylation sites is 1. The SMILES string of the molecule is CC(C)NC(=O)N1[C@@H]2CN(C(=O)c3ccc(F)cc3)c3ccccc3[C@@H]2[C@@H]1CO. The summed E-state index contributed by atoms with van der Waals surface area (Å²) in [5, 5.41) is 12.8. The van der Waals surface area contributed by atoms with Crippen molar-refractivity contribution in [2.45, 2.75) is 37.9 Å². The molecule has 0 aromatic heterocycles. The van der Waals surface area contributed by atoms with E-state index in [-0.39, 0.29) is 42.6 Å². The van der Waals surface area contributed by atoms with Crippen LogP contribution in [-0.2, 0) is 0 Å². The van der Waals surface area contributed by atoms with Gasteiger partial charge in [-0.25, -0.2) is 9.18 Å². The van der Waals surface area contributed by atoms with Crippen LogP contribution in [0.4, 0.5) is 14.9 Å². The molecular formula is C22H24FN3O3. The zero-order valence-electron chi connectivity index (χ0n) is 16.4. The fraction of sp³-hybridized carbons (Fsp3) is 0.364. The normalized spacial score (nSPS) is 22.6. The number of amides is 3. The van der Waals surface area contributed by atoms with Gasteiger partial charge in [0, 0.05) is 29.8 Å². The summed E-state index contributed by atoms with van der Waals surface area (Å²) < 4.78 is 13.3. The summed E-state index contributed by atoms with van der Waals surface area (Å²) in [6.45, 7) is 3.93. The highest BCUT2D eigenvalue weighted by molar-refractivity contribution is 6.07. The average Bonchev–Trinajstić information content (AvgIpc) is 2.68. The molecule has 2 aromatic carbocycles. The zero-order chi connectivity index (χ0) is 20.7. The lowest BCUT2D eigenvalue weighted by Gasteiger charge is -2.58. The molecule has 7 heteroatoms. The number of nitrogens with one attached hydrogen (secondary N) is 1. The van der Waals surface area contributed by atoms with Crippen molar-refractivity contribution in [1.82, 2.24) is 10.2 Å². The number of likely N-dealkylation sites (tertiary alicyclic amines) is 1. The van der Waals surface area contributed by atoms with Crippen LogP contribution in [0, 0.1) is 5.82 Å². The molecule has 0 radical (unpaired) electrons. The number of aliphatic hydroxyl groups is 1. The van der Waals surface area contributed by atoms with Gasteiger partial charge in [0.15, 0.2) is 0 Å². The average molecular weight is 397 g/mol. The van der Waals surface area contributed by atoms with Crippen molar-refractivity contribution in [2.24, 2.45) is 0 Å². The first-order valence-electron chi connectivity index (χ1n) is 9.78. The number of rotatable bonds is 3. The molecule has 2 aliphatic heterocycles. The molecule has 2 heterocycles. The lowest BCUT2D eigenvalue weighted by Crippen LogP contribution is -2.72. The summed E-state index contributed by atoms with van der Waals surface area (Å²) in [6.07, 6.45) is 0. The molecule has 0 spiro atoms. The van der Waals surface area contributed by atoms with E-state index in [1.54, 1.807) is 9.80 Å². The van der Waals surface area contributed by atoms with Crippen LogP contribution in [0.15, 0.2) is 48.5 Å². The number of halogens is 1. The highest BCUT2D eigenvalue weighted by Crippen LogP contribution is 2.48. The molecule has 1 fully saturated rings. The number of urea groups is 1. The first-order valence-corrected chi connectivity index (χ1v) is 9.78. The number of carbonyl (C=O) groups is 2. The second-order valence-electron chi connectivity index (χ2n) is 7.84. The summed E-state index contributed by atoms with van der Waals surface area (Å²) in [7, 11) is 0.